The van der Waals surface area contributed by atoms with Crippen LogP contribution in [0.5, 0.6) is 0 Å². The van der Waals surface area contributed by atoms with Gasteiger partial charge in [0.1, 0.15) is 0 Å². The molecule has 3 aromatic rings. The minimum absolute atomic E-state index is 0.0285. The molecular weight excluding hydrogens is 498 g/mol. The predicted octanol–water partition coefficient (Wildman–Crippen LogP) is 3.97. The van der Waals surface area contributed by atoms with Crippen molar-refractivity contribution in [2.24, 2.45) is 5.92 Å². The van der Waals surface area contributed by atoms with E-state index < -0.39 is 19.9 Å². The van der Waals surface area contributed by atoms with E-state index in [0.29, 0.717) is 17.8 Å². The van der Waals surface area contributed by atoms with E-state index in [0.717, 1.165) is 11.1 Å². The highest BCUT2D eigenvalue weighted by Gasteiger charge is 2.29. The number of rotatable bonds is 12. The SMILES string of the molecule is COCCN(Cc1cnc(S(=O)(=O)Cc2cccc(C)c2)n1CC(C)C)S(=O)(=O)c1ccc(C)cc1. The Bertz CT molecular complexity index is 1380. The van der Waals surface area contributed by atoms with Gasteiger partial charge in [-0.05, 0) is 37.5 Å². The molecule has 0 radical (unpaired) electrons. The van der Waals surface area contributed by atoms with Crippen LogP contribution in [0.15, 0.2) is 64.8 Å². The third-order valence-electron chi connectivity index (χ3n) is 5.71. The van der Waals surface area contributed by atoms with Gasteiger partial charge in [-0.1, -0.05) is 61.4 Å². The van der Waals surface area contributed by atoms with Crippen molar-refractivity contribution in [1.29, 1.82) is 0 Å². The van der Waals surface area contributed by atoms with Crippen LogP contribution in [0.3, 0.4) is 0 Å². The van der Waals surface area contributed by atoms with Gasteiger partial charge in [0.05, 0.1) is 35.7 Å². The number of ether oxygens (including phenoxy) is 1. The zero-order valence-electron chi connectivity index (χ0n) is 21.5. The van der Waals surface area contributed by atoms with E-state index in [2.05, 4.69) is 4.98 Å². The summed E-state index contributed by atoms with van der Waals surface area (Å²) in [5.41, 5.74) is 3.12. The van der Waals surface area contributed by atoms with Crippen LogP contribution in [0.1, 0.15) is 36.2 Å². The van der Waals surface area contributed by atoms with Gasteiger partial charge in [-0.25, -0.2) is 21.8 Å². The Labute approximate surface area is 214 Å². The van der Waals surface area contributed by atoms with Crippen molar-refractivity contribution >= 4 is 19.9 Å². The summed E-state index contributed by atoms with van der Waals surface area (Å²) in [5, 5.41) is -0.0490. The van der Waals surface area contributed by atoms with Crippen LogP contribution >= 0.6 is 0 Å². The van der Waals surface area contributed by atoms with E-state index >= 15 is 0 Å². The molecule has 0 saturated carbocycles. The van der Waals surface area contributed by atoms with Crippen molar-refractivity contribution in [2.75, 3.05) is 20.3 Å². The fraction of sp³-hybridized carbons (Fsp3) is 0.423. The zero-order valence-corrected chi connectivity index (χ0v) is 23.1. The average molecular weight is 534 g/mol. The molecule has 0 N–H and O–H groups in total. The Morgan fingerprint density at radius 2 is 1.69 bits per heavy atom. The summed E-state index contributed by atoms with van der Waals surface area (Å²) in [7, 11) is -6.11. The molecule has 0 amide bonds. The summed E-state index contributed by atoms with van der Waals surface area (Å²) >= 11 is 0. The highest BCUT2D eigenvalue weighted by atomic mass is 32.2. The Morgan fingerprint density at radius 3 is 2.31 bits per heavy atom. The highest BCUT2D eigenvalue weighted by molar-refractivity contribution is 7.90. The van der Waals surface area contributed by atoms with Crippen molar-refractivity contribution in [3.05, 3.63) is 77.1 Å². The second kappa shape index (κ2) is 11.7. The lowest BCUT2D eigenvalue weighted by Gasteiger charge is -2.23. The number of sulfone groups is 1. The van der Waals surface area contributed by atoms with Crippen LogP contribution in [0.4, 0.5) is 0 Å². The molecule has 3 rings (SSSR count). The molecule has 0 aliphatic carbocycles. The number of imidazole rings is 1. The summed E-state index contributed by atoms with van der Waals surface area (Å²) in [4.78, 5) is 4.45. The highest BCUT2D eigenvalue weighted by Crippen LogP contribution is 2.23. The fourth-order valence-electron chi connectivity index (χ4n) is 3.93. The third kappa shape index (κ3) is 6.82. The van der Waals surface area contributed by atoms with Crippen molar-refractivity contribution < 1.29 is 21.6 Å². The quantitative estimate of drug-likeness (QED) is 0.349. The van der Waals surface area contributed by atoms with Crippen LogP contribution in [0.25, 0.3) is 0 Å². The third-order valence-corrected chi connectivity index (χ3v) is 9.16. The minimum Gasteiger partial charge on any atom is -0.383 e. The molecule has 0 atom stereocenters. The van der Waals surface area contributed by atoms with Gasteiger partial charge >= 0.3 is 0 Å². The lowest BCUT2D eigenvalue weighted by molar-refractivity contribution is 0.176. The van der Waals surface area contributed by atoms with E-state index in [1.165, 1.54) is 17.6 Å². The molecule has 1 heterocycles. The van der Waals surface area contributed by atoms with Gasteiger partial charge in [0.25, 0.3) is 0 Å². The normalized spacial score (nSPS) is 12.5. The standard InChI is InChI=1S/C26H35N3O5S2/c1-20(2)17-29-24(16-27-26(29)35(30,31)19-23-8-6-7-22(4)15-23)18-28(13-14-34-5)36(32,33)25-11-9-21(3)10-12-25/h6-12,15-16,20H,13-14,17-19H2,1-5H3. The molecule has 36 heavy (non-hydrogen) atoms. The van der Waals surface area contributed by atoms with Crippen LogP contribution in [-0.4, -0.2) is 51.0 Å². The van der Waals surface area contributed by atoms with Crippen molar-refractivity contribution in [3.8, 4) is 0 Å². The van der Waals surface area contributed by atoms with Gasteiger partial charge in [0.15, 0.2) is 0 Å². The van der Waals surface area contributed by atoms with Gasteiger partial charge < -0.3 is 9.30 Å². The largest absolute Gasteiger partial charge is 0.383 e. The second-order valence-corrected chi connectivity index (χ2v) is 13.3. The number of hydrogen-bond acceptors (Lipinski definition) is 6. The molecule has 0 unspecified atom stereocenters. The number of aryl methyl sites for hydroxylation is 2. The summed E-state index contributed by atoms with van der Waals surface area (Å²) in [6, 6.07) is 14.0. The molecule has 0 fully saturated rings. The maximum atomic E-state index is 13.5. The maximum Gasteiger partial charge on any atom is 0.243 e. The summed E-state index contributed by atoms with van der Waals surface area (Å²) in [6.07, 6.45) is 1.47. The first kappa shape index (κ1) is 28.0. The van der Waals surface area contributed by atoms with E-state index in [1.54, 1.807) is 34.9 Å². The van der Waals surface area contributed by atoms with Crippen LogP contribution in [0, 0.1) is 19.8 Å². The maximum absolute atomic E-state index is 13.5. The number of benzene rings is 2. The van der Waals surface area contributed by atoms with Crippen LogP contribution in [-0.2, 0) is 43.4 Å². The molecular formula is C26H35N3O5S2. The lowest BCUT2D eigenvalue weighted by Crippen LogP contribution is -2.34. The molecule has 196 valence electrons. The van der Waals surface area contributed by atoms with Gasteiger partial charge in [-0.15, -0.1) is 0 Å². The van der Waals surface area contributed by atoms with Gasteiger partial charge in [-0.3, -0.25) is 0 Å². The summed E-state index contributed by atoms with van der Waals surface area (Å²) in [6.45, 7) is 8.44. The first-order valence-corrected chi connectivity index (χ1v) is 14.9. The number of sulfonamides is 1. The van der Waals surface area contributed by atoms with E-state index in [4.69, 9.17) is 4.74 Å². The molecule has 0 aliphatic heterocycles. The monoisotopic (exact) mass is 533 g/mol. The molecule has 0 saturated heterocycles. The topological polar surface area (TPSA) is 98.6 Å². The molecule has 0 aliphatic rings. The molecule has 2 aromatic carbocycles. The van der Waals surface area contributed by atoms with E-state index in [9.17, 15) is 16.8 Å². The van der Waals surface area contributed by atoms with Gasteiger partial charge in [-0.2, -0.15) is 4.31 Å². The number of methoxy groups -OCH3 is 1. The first-order valence-electron chi connectivity index (χ1n) is 11.8. The predicted molar refractivity (Wildman–Crippen MR) is 140 cm³/mol. The Balaban J connectivity index is 2.00. The molecule has 0 bridgehead atoms. The van der Waals surface area contributed by atoms with E-state index in [1.807, 2.05) is 45.9 Å². The first-order chi connectivity index (χ1) is 16.9. The van der Waals surface area contributed by atoms with Crippen LogP contribution in [0.2, 0.25) is 0 Å². The number of aromatic nitrogens is 2. The van der Waals surface area contributed by atoms with Gasteiger partial charge in [0.2, 0.25) is 25.0 Å². The van der Waals surface area contributed by atoms with Crippen molar-refractivity contribution in [1.82, 2.24) is 13.9 Å². The molecule has 10 heteroatoms. The summed E-state index contributed by atoms with van der Waals surface area (Å²) < 4.78 is 61.9. The Morgan fingerprint density at radius 1 is 1.00 bits per heavy atom. The number of nitrogens with zero attached hydrogens (tertiary/aromatic N) is 3. The fourth-order valence-corrected chi connectivity index (χ4v) is 6.81. The van der Waals surface area contributed by atoms with Crippen molar-refractivity contribution in [2.45, 2.75) is 56.6 Å². The summed E-state index contributed by atoms with van der Waals surface area (Å²) in [5.74, 6) is -0.0647. The molecule has 1 aromatic heterocycles. The van der Waals surface area contributed by atoms with Crippen LogP contribution < -0.4 is 0 Å². The number of hydrogen-bond donors (Lipinski definition) is 0. The smallest absolute Gasteiger partial charge is 0.243 e. The Kier molecular flexibility index (Phi) is 9.10. The van der Waals surface area contributed by atoms with Gasteiger partial charge in [0, 0.05) is 20.2 Å². The zero-order chi connectivity index (χ0) is 26.5. The van der Waals surface area contributed by atoms with E-state index in [-0.39, 0.29) is 41.4 Å². The molecule has 0 spiro atoms. The Hall–Kier alpha value is -2.53. The minimum atomic E-state index is -3.85. The lowest BCUT2D eigenvalue weighted by atomic mass is 10.2. The van der Waals surface area contributed by atoms with Crippen molar-refractivity contribution in [3.63, 3.8) is 0 Å². The second-order valence-electron chi connectivity index (χ2n) is 9.43. The molecule has 8 nitrogen and oxygen atoms in total. The average Bonchev–Trinajstić information content (AvgIpc) is 3.19.